The van der Waals surface area contributed by atoms with Gasteiger partial charge in [-0.3, -0.25) is 0 Å². The van der Waals surface area contributed by atoms with Crippen molar-refractivity contribution in [3.8, 4) is 5.88 Å². The number of nitrogens with two attached hydrogens (primary N) is 2. The molecule has 0 saturated heterocycles. The molecule has 1 aromatic heterocycles. The fourth-order valence-electron chi connectivity index (χ4n) is 0.883. The third kappa shape index (κ3) is 3.24. The first-order valence-electron chi connectivity index (χ1n) is 3.74. The molecule has 4 nitrogen and oxygen atoms in total. The Kier molecular flexibility index (Phi) is 3.40. The summed E-state index contributed by atoms with van der Waals surface area (Å²) in [5, 5.41) is 0. The molecule has 0 atom stereocenters. The van der Waals surface area contributed by atoms with E-state index in [0.717, 1.165) is 6.07 Å². The minimum absolute atomic E-state index is 0.0418. The molecule has 0 aromatic carbocycles. The van der Waals surface area contributed by atoms with Crippen LogP contribution in [-0.2, 0) is 6.54 Å². The first kappa shape index (κ1) is 12.1. The van der Waals surface area contributed by atoms with Gasteiger partial charge in [0.15, 0.2) is 0 Å². The van der Waals surface area contributed by atoms with E-state index in [1.807, 2.05) is 0 Å². The predicted molar refractivity (Wildman–Crippen MR) is 50.9 cm³/mol. The lowest BCUT2D eigenvalue weighted by Crippen LogP contribution is -2.19. The van der Waals surface area contributed by atoms with E-state index in [1.165, 1.54) is 0 Å². The van der Waals surface area contributed by atoms with Gasteiger partial charge in [-0.1, -0.05) is 0 Å². The van der Waals surface area contributed by atoms with Crippen molar-refractivity contribution in [2.75, 3.05) is 5.73 Å². The quantitative estimate of drug-likeness (QED) is 0.869. The summed E-state index contributed by atoms with van der Waals surface area (Å²) < 4.78 is 39.6. The molecule has 0 radical (unpaired) electrons. The van der Waals surface area contributed by atoms with Crippen LogP contribution in [0.2, 0.25) is 0 Å². The van der Waals surface area contributed by atoms with E-state index >= 15 is 0 Å². The molecule has 0 saturated carbocycles. The standard InChI is InChI=1S/C7H7BrF3N3O/c8-6-3(13)1-5(14-4(6)2-12)15-7(9,10)11/h1H,2,12H2,(H2,13,14). The molecule has 0 amide bonds. The molecular formula is C7H7BrF3N3O. The Labute approximate surface area is 91.5 Å². The van der Waals surface area contributed by atoms with Crippen LogP contribution in [0.4, 0.5) is 18.9 Å². The summed E-state index contributed by atoms with van der Waals surface area (Å²) in [4.78, 5) is 3.54. The summed E-state index contributed by atoms with van der Waals surface area (Å²) in [6.07, 6.45) is -4.79. The zero-order valence-corrected chi connectivity index (χ0v) is 8.89. The maximum absolute atomic E-state index is 11.9. The first-order chi connectivity index (χ1) is 6.83. The number of nitrogen functional groups attached to an aromatic ring is 1. The summed E-state index contributed by atoms with van der Waals surface area (Å²) in [5.41, 5.74) is 11.0. The SMILES string of the molecule is NCc1nc(OC(F)(F)F)cc(N)c1Br. The van der Waals surface area contributed by atoms with Crippen molar-refractivity contribution in [1.29, 1.82) is 0 Å². The monoisotopic (exact) mass is 285 g/mol. The second-order valence-electron chi connectivity index (χ2n) is 2.56. The van der Waals surface area contributed by atoms with Gasteiger partial charge in [0, 0.05) is 12.6 Å². The molecule has 1 aromatic rings. The van der Waals surface area contributed by atoms with E-state index in [9.17, 15) is 13.2 Å². The van der Waals surface area contributed by atoms with Crippen molar-refractivity contribution in [2.45, 2.75) is 12.9 Å². The molecule has 4 N–H and O–H groups in total. The van der Waals surface area contributed by atoms with Crippen molar-refractivity contribution < 1.29 is 17.9 Å². The van der Waals surface area contributed by atoms with Gasteiger partial charge in [0.05, 0.1) is 15.9 Å². The molecular weight excluding hydrogens is 279 g/mol. The summed E-state index contributed by atoms with van der Waals surface area (Å²) >= 11 is 3.05. The van der Waals surface area contributed by atoms with E-state index in [1.54, 1.807) is 0 Å². The van der Waals surface area contributed by atoms with Crippen molar-refractivity contribution in [1.82, 2.24) is 4.98 Å². The second kappa shape index (κ2) is 4.23. The smallest absolute Gasteiger partial charge is 0.398 e. The molecule has 0 aliphatic rings. The van der Waals surface area contributed by atoms with Crippen molar-refractivity contribution in [3.63, 3.8) is 0 Å². The molecule has 84 valence electrons. The Morgan fingerprint density at radius 3 is 2.53 bits per heavy atom. The number of alkyl halides is 3. The summed E-state index contributed by atoms with van der Waals surface area (Å²) in [7, 11) is 0. The predicted octanol–water partition coefficient (Wildman–Crippen LogP) is 1.78. The number of hydrogen-bond acceptors (Lipinski definition) is 4. The van der Waals surface area contributed by atoms with E-state index in [2.05, 4.69) is 25.7 Å². The van der Waals surface area contributed by atoms with Crippen molar-refractivity contribution in [2.24, 2.45) is 5.73 Å². The first-order valence-corrected chi connectivity index (χ1v) is 4.53. The van der Waals surface area contributed by atoms with Crippen LogP contribution in [0.25, 0.3) is 0 Å². The average molecular weight is 286 g/mol. The molecule has 0 unspecified atom stereocenters. The fraction of sp³-hybridized carbons (Fsp3) is 0.286. The highest BCUT2D eigenvalue weighted by Gasteiger charge is 2.32. The van der Waals surface area contributed by atoms with Crippen LogP contribution in [0.5, 0.6) is 5.88 Å². The number of anilines is 1. The number of hydrogen-bond donors (Lipinski definition) is 2. The van der Waals surface area contributed by atoms with Gasteiger partial charge in [-0.25, -0.2) is 4.98 Å². The number of aromatic nitrogens is 1. The van der Waals surface area contributed by atoms with Gasteiger partial charge in [-0.15, -0.1) is 13.2 Å². The van der Waals surface area contributed by atoms with Crippen LogP contribution in [-0.4, -0.2) is 11.3 Å². The topological polar surface area (TPSA) is 74.2 Å². The number of pyridine rings is 1. The van der Waals surface area contributed by atoms with Crippen molar-refractivity contribution in [3.05, 3.63) is 16.2 Å². The van der Waals surface area contributed by atoms with Crippen LogP contribution in [0.15, 0.2) is 10.5 Å². The highest BCUT2D eigenvalue weighted by molar-refractivity contribution is 9.10. The lowest BCUT2D eigenvalue weighted by Gasteiger charge is -2.11. The fourth-order valence-corrected chi connectivity index (χ4v) is 1.25. The Bertz CT molecular complexity index is 369. The lowest BCUT2D eigenvalue weighted by molar-refractivity contribution is -0.276. The highest BCUT2D eigenvalue weighted by Crippen LogP contribution is 2.29. The molecule has 0 aliphatic heterocycles. The molecule has 0 fully saturated rings. The normalized spacial score (nSPS) is 11.5. The van der Waals surface area contributed by atoms with Gasteiger partial charge in [-0.05, 0) is 15.9 Å². The maximum atomic E-state index is 11.9. The number of halogens is 4. The lowest BCUT2D eigenvalue weighted by atomic mass is 10.3. The van der Waals surface area contributed by atoms with Gasteiger partial charge < -0.3 is 16.2 Å². The van der Waals surface area contributed by atoms with Crippen molar-refractivity contribution >= 4 is 21.6 Å². The Balaban J connectivity index is 3.06. The molecule has 0 bridgehead atoms. The van der Waals surface area contributed by atoms with E-state index in [-0.39, 0.29) is 17.9 Å². The summed E-state index contributed by atoms with van der Waals surface area (Å²) in [6.45, 7) is -0.0418. The minimum atomic E-state index is -4.79. The van der Waals surface area contributed by atoms with E-state index in [0.29, 0.717) is 4.47 Å². The van der Waals surface area contributed by atoms with Gasteiger partial charge in [0.1, 0.15) is 0 Å². The van der Waals surface area contributed by atoms with Crippen LogP contribution < -0.4 is 16.2 Å². The average Bonchev–Trinajstić information content (AvgIpc) is 2.08. The largest absolute Gasteiger partial charge is 0.574 e. The van der Waals surface area contributed by atoms with Crippen LogP contribution >= 0.6 is 15.9 Å². The molecule has 0 spiro atoms. The Morgan fingerprint density at radius 1 is 1.47 bits per heavy atom. The van der Waals surface area contributed by atoms with Gasteiger partial charge in [-0.2, -0.15) is 0 Å². The molecule has 8 heteroatoms. The number of rotatable bonds is 2. The third-order valence-corrected chi connectivity index (χ3v) is 2.36. The molecule has 1 heterocycles. The number of ether oxygens (including phenoxy) is 1. The van der Waals surface area contributed by atoms with Crippen LogP contribution in [0, 0.1) is 0 Å². The van der Waals surface area contributed by atoms with Crippen LogP contribution in [0.1, 0.15) is 5.69 Å². The Hall–Kier alpha value is -1.02. The maximum Gasteiger partial charge on any atom is 0.574 e. The minimum Gasteiger partial charge on any atom is -0.398 e. The van der Waals surface area contributed by atoms with Crippen LogP contribution in [0.3, 0.4) is 0 Å². The zero-order valence-electron chi connectivity index (χ0n) is 7.31. The number of nitrogens with zero attached hydrogens (tertiary/aromatic N) is 1. The molecule has 15 heavy (non-hydrogen) atoms. The molecule has 0 aliphatic carbocycles. The summed E-state index contributed by atoms with van der Waals surface area (Å²) in [5.74, 6) is -0.622. The second-order valence-corrected chi connectivity index (χ2v) is 3.36. The van der Waals surface area contributed by atoms with E-state index < -0.39 is 12.2 Å². The van der Waals surface area contributed by atoms with Gasteiger partial charge in [0.2, 0.25) is 5.88 Å². The third-order valence-electron chi connectivity index (χ3n) is 1.44. The van der Waals surface area contributed by atoms with Gasteiger partial charge >= 0.3 is 6.36 Å². The van der Waals surface area contributed by atoms with Gasteiger partial charge in [0.25, 0.3) is 0 Å². The van der Waals surface area contributed by atoms with E-state index in [4.69, 9.17) is 11.5 Å². The molecule has 1 rings (SSSR count). The zero-order chi connectivity index (χ0) is 11.6. The summed E-state index contributed by atoms with van der Waals surface area (Å²) in [6, 6.07) is 0.969. The Morgan fingerprint density at radius 2 is 2.07 bits per heavy atom. The highest BCUT2D eigenvalue weighted by atomic mass is 79.9.